The summed E-state index contributed by atoms with van der Waals surface area (Å²) in [6.45, 7) is 17.5. The van der Waals surface area contributed by atoms with Crippen LogP contribution in [0.1, 0.15) is 97.8 Å². The summed E-state index contributed by atoms with van der Waals surface area (Å²) < 4.78 is 26.7. The van der Waals surface area contributed by atoms with Crippen LogP contribution >= 0.6 is 20.6 Å². The van der Waals surface area contributed by atoms with E-state index in [-0.39, 0.29) is 20.8 Å². The predicted molar refractivity (Wildman–Crippen MR) is 191 cm³/mol. The van der Waals surface area contributed by atoms with Gasteiger partial charge in [0.05, 0.1) is 40.9 Å². The predicted octanol–water partition coefficient (Wildman–Crippen LogP) is 8.62. The molecule has 7 rings (SSSR count). The van der Waals surface area contributed by atoms with Crippen LogP contribution < -0.4 is 15.5 Å². The van der Waals surface area contributed by atoms with Crippen molar-refractivity contribution >= 4 is 63.9 Å². The highest BCUT2D eigenvalue weighted by Crippen LogP contribution is 2.54. The molecule has 1 N–H and O–H groups in total. The first kappa shape index (κ1) is 34.9. The SMILES string of the molecule is CC.CC1CCN(c2ncc3c4c(c(-c5ncc(F)c6sc(NC(=O)OC(C)(C)C)c(C#N)c56)c(P)c3n2)COC4)C12CC2.CCC. The van der Waals surface area contributed by atoms with Crippen molar-refractivity contribution in [3.63, 3.8) is 0 Å². The van der Waals surface area contributed by atoms with Gasteiger partial charge < -0.3 is 14.4 Å². The first-order chi connectivity index (χ1) is 22.4. The molecule has 5 heterocycles. The number of carbonyl (C=O) groups is 1. The van der Waals surface area contributed by atoms with Crippen molar-refractivity contribution in [3.8, 4) is 17.3 Å². The number of fused-ring (bicyclic) bond motifs is 4. The number of amides is 1. The number of nitrogens with zero attached hydrogens (tertiary/aromatic N) is 5. The molecule has 2 aliphatic heterocycles. The van der Waals surface area contributed by atoms with Crippen LogP contribution in [0.2, 0.25) is 0 Å². The number of benzene rings is 1. The second-order valence-electron chi connectivity index (χ2n) is 13.0. The first-order valence-corrected chi connectivity index (χ1v) is 17.8. The van der Waals surface area contributed by atoms with E-state index in [1.54, 1.807) is 20.8 Å². The smallest absolute Gasteiger partial charge is 0.412 e. The van der Waals surface area contributed by atoms with Gasteiger partial charge in [-0.15, -0.1) is 20.6 Å². The topological polar surface area (TPSA) is 113 Å². The lowest BCUT2D eigenvalue weighted by Crippen LogP contribution is -2.35. The third-order valence-corrected chi connectivity index (χ3v) is 10.3. The van der Waals surface area contributed by atoms with E-state index in [1.165, 1.54) is 6.42 Å². The number of pyridine rings is 1. The number of nitrogens with one attached hydrogen (secondary N) is 1. The van der Waals surface area contributed by atoms with Crippen LogP contribution in [-0.4, -0.2) is 38.7 Å². The maximum atomic E-state index is 15.2. The second kappa shape index (κ2) is 13.6. The van der Waals surface area contributed by atoms with Crippen molar-refractivity contribution < 1.29 is 18.7 Å². The Kier molecular flexibility index (Phi) is 10.1. The van der Waals surface area contributed by atoms with Crippen LogP contribution in [0, 0.1) is 23.1 Å². The summed E-state index contributed by atoms with van der Waals surface area (Å²) in [6.07, 6.45) is 7.00. The summed E-state index contributed by atoms with van der Waals surface area (Å²) in [5, 5.41) is 15.1. The Bertz CT molecular complexity index is 1880. The fraction of sp³-hybridized carbons (Fsp3) is 0.514. The first-order valence-electron chi connectivity index (χ1n) is 16.4. The highest BCUT2D eigenvalue weighted by molar-refractivity contribution is 7.29. The van der Waals surface area contributed by atoms with Crippen LogP contribution in [0.15, 0.2) is 12.4 Å². The quantitative estimate of drug-likeness (QED) is 0.214. The minimum absolute atomic E-state index is 0.130. The van der Waals surface area contributed by atoms with Gasteiger partial charge in [-0.05, 0) is 57.1 Å². The van der Waals surface area contributed by atoms with E-state index >= 15 is 4.39 Å². The van der Waals surface area contributed by atoms with Crippen LogP contribution in [0.25, 0.3) is 32.2 Å². The second-order valence-corrected chi connectivity index (χ2v) is 14.6. The third kappa shape index (κ3) is 6.28. The van der Waals surface area contributed by atoms with Crippen LogP contribution in [0.4, 0.5) is 20.1 Å². The highest BCUT2D eigenvalue weighted by Gasteiger charge is 2.56. The van der Waals surface area contributed by atoms with Crippen LogP contribution in [-0.2, 0) is 22.7 Å². The molecule has 2 unspecified atom stereocenters. The Hall–Kier alpha value is -3.45. The molecule has 250 valence electrons. The molecular weight excluding hydrogens is 634 g/mol. The number of aromatic nitrogens is 3. The Labute approximate surface area is 282 Å². The lowest BCUT2D eigenvalue weighted by molar-refractivity contribution is 0.0636. The van der Waals surface area contributed by atoms with E-state index < -0.39 is 17.5 Å². The van der Waals surface area contributed by atoms with E-state index in [4.69, 9.17) is 19.4 Å². The molecule has 3 aromatic heterocycles. The van der Waals surface area contributed by atoms with Gasteiger partial charge in [0.2, 0.25) is 5.95 Å². The molecule has 2 atom stereocenters. The standard InChI is InChI=1S/C30H30FN6O3PS.C3H8.C2H6/c1-14-5-8-37(30(14)6-7-30)27-34-10-16-17-12-39-13-18(17)20(24(41)22(16)35-27)23-21-15(9-32)26(36-28(38)40-29(2,3)4)42-25(21)19(31)11-33-23;1-3-2;1-2/h10-11,14H,5-8,12-13,41H2,1-4H3,(H,36,38);3H2,1-2H3;1-2H3. The van der Waals surface area contributed by atoms with Crippen molar-refractivity contribution in [1.82, 2.24) is 15.0 Å². The highest BCUT2D eigenvalue weighted by atomic mass is 32.1. The molecule has 47 heavy (non-hydrogen) atoms. The van der Waals surface area contributed by atoms with Crippen molar-refractivity contribution in [1.29, 1.82) is 5.26 Å². The van der Waals surface area contributed by atoms with Crippen molar-refractivity contribution in [2.45, 2.75) is 105 Å². The lowest BCUT2D eigenvalue weighted by atomic mass is 9.94. The number of anilines is 2. The largest absolute Gasteiger partial charge is 0.444 e. The molecule has 3 aliphatic rings. The number of halogens is 1. The van der Waals surface area contributed by atoms with E-state index in [1.807, 2.05) is 20.0 Å². The third-order valence-electron chi connectivity index (χ3n) is 8.66. The summed E-state index contributed by atoms with van der Waals surface area (Å²) in [7, 11) is 2.81. The van der Waals surface area contributed by atoms with E-state index in [0.717, 1.165) is 76.2 Å². The summed E-state index contributed by atoms with van der Waals surface area (Å²) in [5.41, 5.74) is 3.37. The molecule has 0 radical (unpaired) electrons. The van der Waals surface area contributed by atoms with Gasteiger partial charge in [0, 0.05) is 39.9 Å². The fourth-order valence-electron chi connectivity index (χ4n) is 6.49. The zero-order valence-electron chi connectivity index (χ0n) is 28.5. The fourth-order valence-corrected chi connectivity index (χ4v) is 8.06. The maximum Gasteiger partial charge on any atom is 0.412 e. The average Bonchev–Trinajstić information content (AvgIpc) is 3.35. The Morgan fingerprint density at radius 1 is 1.23 bits per heavy atom. The molecule has 1 amide bonds. The van der Waals surface area contributed by atoms with Crippen molar-refractivity contribution in [2.24, 2.45) is 5.92 Å². The minimum Gasteiger partial charge on any atom is -0.444 e. The molecule has 9 nitrogen and oxygen atoms in total. The minimum atomic E-state index is -0.738. The van der Waals surface area contributed by atoms with Gasteiger partial charge in [-0.2, -0.15) is 5.26 Å². The molecule has 1 spiro atoms. The Balaban J connectivity index is 0.000000822. The number of nitriles is 1. The average molecular weight is 679 g/mol. The molecule has 1 saturated carbocycles. The van der Waals surface area contributed by atoms with Gasteiger partial charge in [0.1, 0.15) is 16.7 Å². The molecule has 4 aromatic rings. The van der Waals surface area contributed by atoms with Crippen LogP contribution in [0.3, 0.4) is 0 Å². The van der Waals surface area contributed by atoms with E-state index in [0.29, 0.717) is 36.2 Å². The molecule has 0 bridgehead atoms. The molecule has 1 aliphatic carbocycles. The molecule has 2 fully saturated rings. The summed E-state index contributed by atoms with van der Waals surface area (Å²) in [4.78, 5) is 29.4. The van der Waals surface area contributed by atoms with E-state index in [9.17, 15) is 10.1 Å². The van der Waals surface area contributed by atoms with Crippen molar-refractivity contribution in [2.75, 3.05) is 16.8 Å². The van der Waals surface area contributed by atoms with Crippen molar-refractivity contribution in [3.05, 3.63) is 34.9 Å². The molecule has 12 heteroatoms. The number of ether oxygens (including phenoxy) is 2. The van der Waals surface area contributed by atoms with Gasteiger partial charge in [0.15, 0.2) is 5.82 Å². The van der Waals surface area contributed by atoms with Crippen LogP contribution in [0.5, 0.6) is 0 Å². The van der Waals surface area contributed by atoms with Gasteiger partial charge in [-0.25, -0.2) is 19.2 Å². The van der Waals surface area contributed by atoms with E-state index in [2.05, 4.69) is 51.3 Å². The van der Waals surface area contributed by atoms with Gasteiger partial charge in [-0.3, -0.25) is 10.3 Å². The van der Waals surface area contributed by atoms with Gasteiger partial charge in [0.25, 0.3) is 0 Å². The van der Waals surface area contributed by atoms with Gasteiger partial charge >= 0.3 is 6.09 Å². The number of thiophene rings is 1. The Morgan fingerprint density at radius 2 is 1.91 bits per heavy atom. The Morgan fingerprint density at radius 3 is 2.55 bits per heavy atom. The number of carbonyl (C=O) groups excluding carboxylic acids is 1. The number of hydrogen-bond acceptors (Lipinski definition) is 9. The molecular formula is C35H44FN6O3PS. The number of hydrogen-bond donors (Lipinski definition) is 1. The number of rotatable bonds is 3. The van der Waals surface area contributed by atoms with Gasteiger partial charge in [-0.1, -0.05) is 41.0 Å². The monoisotopic (exact) mass is 678 g/mol. The maximum absolute atomic E-state index is 15.2. The molecule has 1 aromatic carbocycles. The molecule has 1 saturated heterocycles. The lowest BCUT2D eigenvalue weighted by Gasteiger charge is -2.27. The zero-order chi connectivity index (χ0) is 34.3. The zero-order valence-corrected chi connectivity index (χ0v) is 30.5. The summed E-state index contributed by atoms with van der Waals surface area (Å²) >= 11 is 0.987. The summed E-state index contributed by atoms with van der Waals surface area (Å²) in [5.74, 6) is 0.737. The summed E-state index contributed by atoms with van der Waals surface area (Å²) in [6, 6.07) is 2.18. The normalized spacial score (nSPS) is 17.5.